The second-order valence-electron chi connectivity index (χ2n) is 6.14. The zero-order valence-electron chi connectivity index (χ0n) is 12.2. The molecule has 1 aliphatic carbocycles. The first-order chi connectivity index (χ1) is 9.55. The van der Waals surface area contributed by atoms with Crippen LogP contribution in [0.4, 0.5) is 0 Å². The Bertz CT molecular complexity index is 519. The lowest BCUT2D eigenvalue weighted by atomic mass is 9.83. The minimum absolute atomic E-state index is 0.0249. The van der Waals surface area contributed by atoms with Crippen LogP contribution in [0.25, 0.3) is 0 Å². The van der Waals surface area contributed by atoms with Crippen LogP contribution in [0.5, 0.6) is 0 Å². The topological polar surface area (TPSA) is 50.4 Å². The highest BCUT2D eigenvalue weighted by Gasteiger charge is 2.63. The molecule has 0 unspecified atom stereocenters. The summed E-state index contributed by atoms with van der Waals surface area (Å²) in [5.41, 5.74) is 2.07. The lowest BCUT2D eigenvalue weighted by Gasteiger charge is -2.49. The Balaban J connectivity index is 1.68. The van der Waals surface area contributed by atoms with Crippen molar-refractivity contribution < 1.29 is 9.53 Å². The van der Waals surface area contributed by atoms with Crippen LogP contribution < -0.4 is 10.6 Å². The molecular formula is C16H22N2O2. The van der Waals surface area contributed by atoms with Gasteiger partial charge in [-0.05, 0) is 25.3 Å². The van der Waals surface area contributed by atoms with Gasteiger partial charge >= 0.3 is 0 Å². The monoisotopic (exact) mass is 274 g/mol. The van der Waals surface area contributed by atoms with Crippen molar-refractivity contribution in [1.82, 2.24) is 10.6 Å². The second-order valence-corrected chi connectivity index (χ2v) is 6.14. The third-order valence-corrected chi connectivity index (χ3v) is 4.44. The molecule has 0 aromatic heterocycles. The Morgan fingerprint density at radius 2 is 2.15 bits per heavy atom. The Morgan fingerprint density at radius 1 is 1.40 bits per heavy atom. The second kappa shape index (κ2) is 4.86. The predicted octanol–water partition coefficient (Wildman–Crippen LogP) is 1.52. The van der Waals surface area contributed by atoms with Crippen LogP contribution in [0, 0.1) is 6.92 Å². The van der Waals surface area contributed by atoms with Crippen molar-refractivity contribution >= 4 is 5.91 Å². The molecule has 3 rings (SSSR count). The Labute approximate surface area is 119 Å². The molecule has 1 saturated carbocycles. The molecule has 20 heavy (non-hydrogen) atoms. The number of hydrogen-bond acceptors (Lipinski definition) is 3. The quantitative estimate of drug-likeness (QED) is 0.856. The highest BCUT2D eigenvalue weighted by Crippen LogP contribution is 2.50. The van der Waals surface area contributed by atoms with Gasteiger partial charge in [0.1, 0.15) is 0 Å². The smallest absolute Gasteiger partial charge is 0.217 e. The third kappa shape index (κ3) is 2.34. The van der Waals surface area contributed by atoms with Crippen LogP contribution in [-0.4, -0.2) is 30.1 Å². The van der Waals surface area contributed by atoms with Gasteiger partial charge < -0.3 is 15.4 Å². The van der Waals surface area contributed by atoms with Crippen LogP contribution in [0.2, 0.25) is 0 Å². The summed E-state index contributed by atoms with van der Waals surface area (Å²) in [6.45, 7) is 5.89. The number of amides is 1. The first-order valence-electron chi connectivity index (χ1n) is 7.24. The van der Waals surface area contributed by atoms with Crippen molar-refractivity contribution in [3.8, 4) is 0 Å². The number of nitrogens with one attached hydrogen (secondary N) is 2. The van der Waals surface area contributed by atoms with Crippen LogP contribution in [0.1, 0.15) is 30.9 Å². The molecule has 1 heterocycles. The molecule has 1 aliphatic heterocycles. The number of hydrogen-bond donors (Lipinski definition) is 2. The summed E-state index contributed by atoms with van der Waals surface area (Å²) in [6.07, 6.45) is 2.06. The largest absolute Gasteiger partial charge is 0.368 e. The van der Waals surface area contributed by atoms with Crippen molar-refractivity contribution in [2.24, 2.45) is 0 Å². The van der Waals surface area contributed by atoms with E-state index in [9.17, 15) is 4.79 Å². The van der Waals surface area contributed by atoms with Gasteiger partial charge in [-0.3, -0.25) is 4.79 Å². The van der Waals surface area contributed by atoms with E-state index >= 15 is 0 Å². The summed E-state index contributed by atoms with van der Waals surface area (Å²) in [5.74, 6) is 0.0249. The Kier molecular flexibility index (Phi) is 3.30. The molecular weight excluding hydrogens is 252 g/mol. The van der Waals surface area contributed by atoms with Gasteiger partial charge in [0.25, 0.3) is 0 Å². The van der Waals surface area contributed by atoms with Crippen molar-refractivity contribution in [1.29, 1.82) is 0 Å². The fraction of sp³-hybridized carbons (Fsp3) is 0.562. The van der Waals surface area contributed by atoms with Crippen LogP contribution in [-0.2, 0) is 16.1 Å². The first-order valence-corrected chi connectivity index (χ1v) is 7.24. The maximum absolute atomic E-state index is 11.5. The van der Waals surface area contributed by atoms with Gasteiger partial charge in [0, 0.05) is 20.0 Å². The molecule has 1 aromatic rings. The van der Waals surface area contributed by atoms with Gasteiger partial charge in [-0.2, -0.15) is 0 Å². The summed E-state index contributed by atoms with van der Waals surface area (Å²) < 4.78 is 6.24. The fourth-order valence-corrected chi connectivity index (χ4v) is 3.13. The van der Waals surface area contributed by atoms with Gasteiger partial charge in [0.2, 0.25) is 5.91 Å². The minimum atomic E-state index is -0.206. The predicted molar refractivity (Wildman–Crippen MR) is 77.4 cm³/mol. The molecule has 108 valence electrons. The van der Waals surface area contributed by atoms with E-state index < -0.39 is 0 Å². The summed E-state index contributed by atoms with van der Waals surface area (Å²) in [7, 11) is 0. The Morgan fingerprint density at radius 3 is 2.65 bits per heavy atom. The van der Waals surface area contributed by atoms with Crippen molar-refractivity contribution in [2.45, 2.75) is 44.4 Å². The number of carbonyl (C=O) groups excluding carboxylic acids is 1. The van der Waals surface area contributed by atoms with Crippen molar-refractivity contribution in [2.75, 3.05) is 13.1 Å². The zero-order chi connectivity index (χ0) is 14.2. The normalized spacial score (nSPS) is 21.9. The molecule has 0 radical (unpaired) electrons. The van der Waals surface area contributed by atoms with E-state index in [1.54, 1.807) is 6.92 Å². The maximum atomic E-state index is 11.5. The van der Waals surface area contributed by atoms with E-state index in [0.717, 1.165) is 25.9 Å². The number of ether oxygens (including phenoxy) is 1. The summed E-state index contributed by atoms with van der Waals surface area (Å²) in [6, 6.07) is 8.39. The molecule has 2 N–H and O–H groups in total. The van der Waals surface area contributed by atoms with E-state index in [-0.39, 0.29) is 17.0 Å². The molecule has 1 saturated heterocycles. The van der Waals surface area contributed by atoms with E-state index in [2.05, 4.69) is 41.8 Å². The van der Waals surface area contributed by atoms with Crippen LogP contribution in [0.15, 0.2) is 24.3 Å². The first kappa shape index (κ1) is 13.6. The van der Waals surface area contributed by atoms with E-state index in [1.807, 2.05) is 0 Å². The van der Waals surface area contributed by atoms with E-state index in [0.29, 0.717) is 6.61 Å². The van der Waals surface area contributed by atoms with E-state index in [1.165, 1.54) is 11.1 Å². The molecule has 4 nitrogen and oxygen atoms in total. The molecule has 2 aliphatic rings. The lowest BCUT2D eigenvalue weighted by molar-refractivity contribution is -0.128. The van der Waals surface area contributed by atoms with Gasteiger partial charge in [-0.15, -0.1) is 0 Å². The fourth-order valence-electron chi connectivity index (χ4n) is 3.13. The molecule has 4 heteroatoms. The van der Waals surface area contributed by atoms with Gasteiger partial charge in [0.15, 0.2) is 0 Å². The molecule has 2 fully saturated rings. The lowest BCUT2D eigenvalue weighted by Crippen LogP contribution is -2.75. The van der Waals surface area contributed by atoms with Gasteiger partial charge in [-0.25, -0.2) is 0 Å². The molecule has 0 bridgehead atoms. The molecule has 1 amide bonds. The molecule has 1 aromatic carbocycles. The van der Waals surface area contributed by atoms with Crippen LogP contribution >= 0.6 is 0 Å². The number of aryl methyl sites for hydroxylation is 1. The third-order valence-electron chi connectivity index (χ3n) is 4.44. The number of carbonyl (C=O) groups is 1. The molecule has 0 atom stereocenters. The van der Waals surface area contributed by atoms with Crippen molar-refractivity contribution in [3.63, 3.8) is 0 Å². The number of rotatable bonds is 5. The summed E-state index contributed by atoms with van der Waals surface area (Å²) >= 11 is 0. The number of benzene rings is 1. The standard InChI is InChI=1S/C16H22N2O2/c1-12-4-3-5-14(8-12)9-20-16(6-7-16)15(10-17-11-15)18-13(2)19/h3-5,8,17H,6-7,9-11H2,1-2H3,(H,18,19). The summed E-state index contributed by atoms with van der Waals surface area (Å²) in [4.78, 5) is 11.5. The van der Waals surface area contributed by atoms with Gasteiger partial charge in [-0.1, -0.05) is 29.8 Å². The zero-order valence-corrected chi connectivity index (χ0v) is 12.2. The van der Waals surface area contributed by atoms with Crippen LogP contribution in [0.3, 0.4) is 0 Å². The highest BCUT2D eigenvalue weighted by molar-refractivity contribution is 5.74. The van der Waals surface area contributed by atoms with Gasteiger partial charge in [0.05, 0.1) is 17.7 Å². The molecule has 0 spiro atoms. The van der Waals surface area contributed by atoms with Crippen molar-refractivity contribution in [3.05, 3.63) is 35.4 Å². The average Bonchev–Trinajstić information content (AvgIpc) is 3.13. The Hall–Kier alpha value is -1.39. The summed E-state index contributed by atoms with van der Waals surface area (Å²) in [5, 5.41) is 6.38. The average molecular weight is 274 g/mol. The van der Waals surface area contributed by atoms with E-state index in [4.69, 9.17) is 4.74 Å². The highest BCUT2D eigenvalue weighted by atomic mass is 16.5. The SMILES string of the molecule is CC(=O)NC1(C2(OCc3cccc(C)c3)CC2)CNC1. The maximum Gasteiger partial charge on any atom is 0.217 e. The minimum Gasteiger partial charge on any atom is -0.368 e.